The Hall–Kier alpha value is -4.02. The summed E-state index contributed by atoms with van der Waals surface area (Å²) in [5, 5.41) is 12.3. The zero-order valence-corrected chi connectivity index (χ0v) is 25.3. The van der Waals surface area contributed by atoms with Gasteiger partial charge in [-0.1, -0.05) is 48.2 Å². The Morgan fingerprint density at radius 1 is 1.02 bits per heavy atom. The average Bonchev–Trinajstić information content (AvgIpc) is 2.93. The van der Waals surface area contributed by atoms with Gasteiger partial charge in [0.25, 0.3) is 5.91 Å². The Labute approximate surface area is 249 Å². The van der Waals surface area contributed by atoms with Crippen LogP contribution in [-0.4, -0.2) is 54.7 Å². The molecule has 2 aliphatic rings. The van der Waals surface area contributed by atoms with Crippen LogP contribution in [0.1, 0.15) is 73.6 Å². The molecule has 2 heterocycles. The van der Waals surface area contributed by atoms with Crippen molar-refractivity contribution in [2.45, 2.75) is 65.1 Å². The SMILES string of the molecule is Cc1ccc(NC2CN(C(=O)OC(C)(C)C)C2)cc1C(=O)NC(C)c1ccc(C#CC2CCNCC2)c2ccccc12. The summed E-state index contributed by atoms with van der Waals surface area (Å²) in [7, 11) is 0. The van der Waals surface area contributed by atoms with E-state index in [0.29, 0.717) is 24.6 Å². The normalized spacial score (nSPS) is 16.6. The predicted octanol–water partition coefficient (Wildman–Crippen LogP) is 6.02. The lowest BCUT2D eigenvalue weighted by Crippen LogP contribution is -2.57. The standard InChI is InChI=1S/C35H42N4O3/c1-23-10-14-27(38-28-21-39(22-28)34(41)42-35(3,4)5)20-32(23)33(40)37-24(2)29-15-13-26(30-8-6-7-9-31(29)30)12-11-25-16-18-36-19-17-25/h6-10,13-15,20,24-25,28,36,38H,16-19,21-22H2,1-5H3,(H,37,40). The van der Waals surface area contributed by atoms with E-state index in [2.05, 4.69) is 52.1 Å². The highest BCUT2D eigenvalue weighted by atomic mass is 16.6. The molecule has 0 spiro atoms. The first-order valence-corrected chi connectivity index (χ1v) is 15.0. The van der Waals surface area contributed by atoms with Gasteiger partial charge in [0.05, 0.1) is 12.1 Å². The Morgan fingerprint density at radius 2 is 1.74 bits per heavy atom. The maximum Gasteiger partial charge on any atom is 0.410 e. The van der Waals surface area contributed by atoms with Gasteiger partial charge in [-0.15, -0.1) is 0 Å². The third-order valence-corrected chi connectivity index (χ3v) is 7.91. The lowest BCUT2D eigenvalue weighted by Gasteiger charge is -2.40. The van der Waals surface area contributed by atoms with E-state index < -0.39 is 5.60 Å². The zero-order valence-electron chi connectivity index (χ0n) is 25.3. The third-order valence-electron chi connectivity index (χ3n) is 7.91. The Bertz CT molecular complexity index is 1520. The van der Waals surface area contributed by atoms with Crippen LogP contribution in [0.4, 0.5) is 10.5 Å². The van der Waals surface area contributed by atoms with Gasteiger partial charge in [0.1, 0.15) is 5.60 Å². The van der Waals surface area contributed by atoms with Crippen molar-refractivity contribution in [1.82, 2.24) is 15.5 Å². The number of piperidine rings is 1. The fraction of sp³-hybridized carbons (Fsp3) is 0.429. The molecule has 3 aromatic carbocycles. The molecule has 7 nitrogen and oxygen atoms in total. The van der Waals surface area contributed by atoms with Crippen molar-refractivity contribution in [2.75, 3.05) is 31.5 Å². The van der Waals surface area contributed by atoms with Crippen LogP contribution in [0.5, 0.6) is 0 Å². The number of likely N-dealkylation sites (tertiary alicyclic amines) is 1. The van der Waals surface area contributed by atoms with E-state index >= 15 is 0 Å². The number of carbonyl (C=O) groups is 2. The predicted molar refractivity (Wildman–Crippen MR) is 169 cm³/mol. The number of amides is 2. The van der Waals surface area contributed by atoms with Gasteiger partial charge in [-0.3, -0.25) is 4.79 Å². The molecule has 0 radical (unpaired) electrons. The van der Waals surface area contributed by atoms with E-state index in [-0.39, 0.29) is 24.1 Å². The van der Waals surface area contributed by atoms with Crippen LogP contribution in [-0.2, 0) is 4.74 Å². The smallest absolute Gasteiger partial charge is 0.410 e. The van der Waals surface area contributed by atoms with E-state index in [4.69, 9.17) is 4.74 Å². The molecular formula is C35H42N4O3. The van der Waals surface area contributed by atoms with Crippen molar-refractivity contribution >= 4 is 28.5 Å². The van der Waals surface area contributed by atoms with Gasteiger partial charge >= 0.3 is 6.09 Å². The van der Waals surface area contributed by atoms with E-state index in [1.807, 2.05) is 65.0 Å². The first kappa shape index (κ1) is 29.5. The van der Waals surface area contributed by atoms with Gasteiger partial charge in [-0.25, -0.2) is 4.79 Å². The van der Waals surface area contributed by atoms with Gasteiger partial charge in [-0.2, -0.15) is 0 Å². The largest absolute Gasteiger partial charge is 0.444 e. The fourth-order valence-electron chi connectivity index (χ4n) is 5.54. The molecular weight excluding hydrogens is 524 g/mol. The minimum absolute atomic E-state index is 0.109. The summed E-state index contributed by atoms with van der Waals surface area (Å²) < 4.78 is 5.45. The molecule has 2 saturated heterocycles. The molecule has 2 aliphatic heterocycles. The molecule has 0 aliphatic carbocycles. The number of hydrogen-bond donors (Lipinski definition) is 3. The van der Waals surface area contributed by atoms with Crippen molar-refractivity contribution < 1.29 is 14.3 Å². The lowest BCUT2D eigenvalue weighted by atomic mass is 9.94. The van der Waals surface area contributed by atoms with Crippen molar-refractivity contribution in [3.63, 3.8) is 0 Å². The number of carbonyl (C=O) groups excluding carboxylic acids is 2. The molecule has 0 saturated carbocycles. The molecule has 3 N–H and O–H groups in total. The Balaban J connectivity index is 1.26. The number of anilines is 1. The molecule has 2 fully saturated rings. The Kier molecular flexibility index (Phi) is 8.74. The summed E-state index contributed by atoms with van der Waals surface area (Å²) in [4.78, 5) is 27.4. The second-order valence-electron chi connectivity index (χ2n) is 12.5. The first-order valence-electron chi connectivity index (χ1n) is 15.0. The summed E-state index contributed by atoms with van der Waals surface area (Å²) in [5.74, 6) is 7.25. The summed E-state index contributed by atoms with van der Waals surface area (Å²) in [6, 6.07) is 18.2. The van der Waals surface area contributed by atoms with Crippen molar-refractivity contribution in [1.29, 1.82) is 0 Å². The molecule has 1 unspecified atom stereocenters. The maximum absolute atomic E-state index is 13.5. The molecule has 7 heteroatoms. The number of ether oxygens (including phenoxy) is 1. The van der Waals surface area contributed by atoms with Gasteiger partial charge in [0, 0.05) is 35.8 Å². The van der Waals surface area contributed by atoms with Crippen LogP contribution in [0.3, 0.4) is 0 Å². The van der Waals surface area contributed by atoms with Crippen LogP contribution in [0.15, 0.2) is 54.6 Å². The summed E-state index contributed by atoms with van der Waals surface area (Å²) in [6.45, 7) is 12.7. The van der Waals surface area contributed by atoms with Gasteiger partial charge in [0.15, 0.2) is 0 Å². The summed E-state index contributed by atoms with van der Waals surface area (Å²) in [5.41, 5.74) is 3.97. The number of hydrogen-bond acceptors (Lipinski definition) is 5. The highest BCUT2D eigenvalue weighted by Gasteiger charge is 2.33. The van der Waals surface area contributed by atoms with Crippen molar-refractivity contribution in [3.05, 3.63) is 76.9 Å². The third kappa shape index (κ3) is 7.06. The van der Waals surface area contributed by atoms with E-state index in [9.17, 15) is 9.59 Å². The minimum Gasteiger partial charge on any atom is -0.444 e. The number of rotatable bonds is 5. The van der Waals surface area contributed by atoms with Crippen LogP contribution < -0.4 is 16.0 Å². The van der Waals surface area contributed by atoms with E-state index in [1.54, 1.807) is 4.90 Å². The highest BCUT2D eigenvalue weighted by Crippen LogP contribution is 2.28. The fourth-order valence-corrected chi connectivity index (χ4v) is 5.54. The van der Waals surface area contributed by atoms with E-state index in [1.165, 1.54) is 0 Å². The van der Waals surface area contributed by atoms with Crippen LogP contribution in [0.25, 0.3) is 10.8 Å². The lowest BCUT2D eigenvalue weighted by molar-refractivity contribution is 0.0105. The molecule has 0 bridgehead atoms. The second-order valence-corrected chi connectivity index (χ2v) is 12.5. The second kappa shape index (κ2) is 12.5. The molecule has 1 atom stereocenters. The molecule has 2 amide bonds. The molecule has 0 aromatic heterocycles. The average molecular weight is 567 g/mol. The van der Waals surface area contributed by atoms with Gasteiger partial charge in [0.2, 0.25) is 0 Å². The quantitative estimate of drug-likeness (QED) is 0.329. The number of nitrogens with zero attached hydrogens (tertiary/aromatic N) is 1. The molecule has 42 heavy (non-hydrogen) atoms. The summed E-state index contributed by atoms with van der Waals surface area (Å²) in [6.07, 6.45) is 1.88. The molecule has 220 valence electrons. The minimum atomic E-state index is -0.513. The number of fused-ring (bicyclic) bond motifs is 1. The van der Waals surface area contributed by atoms with Crippen molar-refractivity contribution in [2.24, 2.45) is 5.92 Å². The van der Waals surface area contributed by atoms with Gasteiger partial charge < -0.3 is 25.6 Å². The number of benzene rings is 3. The van der Waals surface area contributed by atoms with E-state index in [0.717, 1.165) is 59.1 Å². The highest BCUT2D eigenvalue weighted by molar-refractivity contribution is 5.97. The monoisotopic (exact) mass is 566 g/mol. The zero-order chi connectivity index (χ0) is 29.9. The molecule has 3 aromatic rings. The van der Waals surface area contributed by atoms with Crippen molar-refractivity contribution in [3.8, 4) is 11.8 Å². The van der Waals surface area contributed by atoms with Crippen LogP contribution in [0.2, 0.25) is 0 Å². The number of aryl methyl sites for hydroxylation is 1. The number of nitrogens with one attached hydrogen (secondary N) is 3. The first-order chi connectivity index (χ1) is 20.1. The Morgan fingerprint density at radius 3 is 2.45 bits per heavy atom. The van der Waals surface area contributed by atoms with Crippen LogP contribution >= 0.6 is 0 Å². The topological polar surface area (TPSA) is 82.7 Å². The molecule has 5 rings (SSSR count). The maximum atomic E-state index is 13.5. The van der Waals surface area contributed by atoms with Crippen LogP contribution in [0, 0.1) is 24.7 Å². The summed E-state index contributed by atoms with van der Waals surface area (Å²) >= 11 is 0. The van der Waals surface area contributed by atoms with Gasteiger partial charge in [-0.05, 0) is 101 Å².